The summed E-state index contributed by atoms with van der Waals surface area (Å²) in [5, 5.41) is 2.79. The monoisotopic (exact) mass is 157 g/mol. The summed E-state index contributed by atoms with van der Waals surface area (Å²) in [5.74, 6) is 1.48. The van der Waals surface area contributed by atoms with Crippen LogP contribution in [0.25, 0.3) is 0 Å². The van der Waals surface area contributed by atoms with E-state index < -0.39 is 0 Å². The minimum atomic E-state index is 0.0703. The molecule has 0 aliphatic rings. The van der Waals surface area contributed by atoms with Gasteiger partial charge in [0.1, 0.15) is 0 Å². The van der Waals surface area contributed by atoms with Gasteiger partial charge in [-0.25, -0.2) is 0 Å². The van der Waals surface area contributed by atoms with Crippen LogP contribution in [-0.4, -0.2) is 12.5 Å². The molecule has 66 valence electrons. The molecule has 1 atom stereocenters. The number of carbonyl (C=O) groups is 1. The van der Waals surface area contributed by atoms with Crippen molar-refractivity contribution in [3.05, 3.63) is 0 Å². The van der Waals surface area contributed by atoms with E-state index in [1.807, 2.05) is 0 Å². The smallest absolute Gasteiger partial charge is 0.216 e. The Bertz CT molecular complexity index is 121. The maximum absolute atomic E-state index is 10.5. The molecular formula is C9H19NO. The maximum Gasteiger partial charge on any atom is 0.216 e. The van der Waals surface area contributed by atoms with Gasteiger partial charge in [-0.1, -0.05) is 20.8 Å². The molecule has 0 saturated carbocycles. The molecule has 2 nitrogen and oxygen atoms in total. The Morgan fingerprint density at radius 1 is 1.36 bits per heavy atom. The minimum absolute atomic E-state index is 0.0703. The average molecular weight is 157 g/mol. The number of hydrogen-bond donors (Lipinski definition) is 1. The summed E-state index contributed by atoms with van der Waals surface area (Å²) in [6.45, 7) is 9.00. The van der Waals surface area contributed by atoms with Gasteiger partial charge in [0, 0.05) is 13.5 Å². The fourth-order valence-corrected chi connectivity index (χ4v) is 0.809. The van der Waals surface area contributed by atoms with Crippen molar-refractivity contribution < 1.29 is 4.79 Å². The molecule has 1 amide bonds. The van der Waals surface area contributed by atoms with Crippen LogP contribution in [0.15, 0.2) is 0 Å². The third-order valence-electron chi connectivity index (χ3n) is 2.11. The number of amides is 1. The van der Waals surface area contributed by atoms with Crippen molar-refractivity contribution >= 4 is 5.91 Å². The summed E-state index contributed by atoms with van der Waals surface area (Å²) >= 11 is 0. The quantitative estimate of drug-likeness (QED) is 0.662. The molecule has 0 aliphatic carbocycles. The average Bonchev–Trinajstić information content (AvgIpc) is 1.86. The number of carbonyl (C=O) groups excluding carboxylic acids is 1. The summed E-state index contributed by atoms with van der Waals surface area (Å²) in [6.07, 6.45) is 1.08. The van der Waals surface area contributed by atoms with Gasteiger partial charge < -0.3 is 5.32 Å². The van der Waals surface area contributed by atoms with E-state index >= 15 is 0 Å². The number of rotatable bonds is 4. The van der Waals surface area contributed by atoms with Gasteiger partial charge in [0.15, 0.2) is 0 Å². The molecule has 0 radical (unpaired) electrons. The topological polar surface area (TPSA) is 29.1 Å². The lowest BCUT2D eigenvalue weighted by atomic mass is 9.95. The molecule has 0 fully saturated rings. The highest BCUT2D eigenvalue weighted by atomic mass is 16.1. The predicted molar refractivity (Wildman–Crippen MR) is 47.3 cm³/mol. The molecule has 0 bridgehead atoms. The Balaban J connectivity index is 3.31. The van der Waals surface area contributed by atoms with Crippen LogP contribution in [-0.2, 0) is 4.79 Å². The van der Waals surface area contributed by atoms with Gasteiger partial charge in [-0.05, 0) is 18.3 Å². The predicted octanol–water partition coefficient (Wildman–Crippen LogP) is 1.80. The first-order valence-corrected chi connectivity index (χ1v) is 4.28. The highest BCUT2D eigenvalue weighted by Crippen LogP contribution is 2.12. The van der Waals surface area contributed by atoms with Crippen molar-refractivity contribution in [2.45, 2.75) is 34.1 Å². The third-order valence-corrected chi connectivity index (χ3v) is 2.11. The van der Waals surface area contributed by atoms with Crippen LogP contribution in [0, 0.1) is 11.8 Å². The van der Waals surface area contributed by atoms with Crippen molar-refractivity contribution in [2.75, 3.05) is 6.54 Å². The minimum Gasteiger partial charge on any atom is -0.356 e. The van der Waals surface area contributed by atoms with Gasteiger partial charge in [0.25, 0.3) is 0 Å². The lowest BCUT2D eigenvalue weighted by Gasteiger charge is -2.14. The van der Waals surface area contributed by atoms with E-state index in [1.54, 1.807) is 6.92 Å². The van der Waals surface area contributed by atoms with Gasteiger partial charge in [-0.2, -0.15) is 0 Å². The molecule has 0 aromatic heterocycles. The Labute approximate surface area is 69.4 Å². The highest BCUT2D eigenvalue weighted by molar-refractivity contribution is 5.72. The van der Waals surface area contributed by atoms with Crippen LogP contribution < -0.4 is 5.32 Å². The van der Waals surface area contributed by atoms with Crippen LogP contribution in [0.1, 0.15) is 34.1 Å². The molecule has 1 unspecified atom stereocenters. The van der Waals surface area contributed by atoms with Crippen LogP contribution in [0.3, 0.4) is 0 Å². The molecular weight excluding hydrogens is 138 g/mol. The van der Waals surface area contributed by atoms with Crippen molar-refractivity contribution in [3.8, 4) is 0 Å². The van der Waals surface area contributed by atoms with Crippen molar-refractivity contribution in [3.63, 3.8) is 0 Å². The Hall–Kier alpha value is -0.530. The van der Waals surface area contributed by atoms with E-state index in [4.69, 9.17) is 0 Å². The molecule has 0 rings (SSSR count). The standard InChI is InChI=1S/C9H19NO/c1-7(2)8(3)5-6-10-9(4)11/h7-8H,5-6H2,1-4H3,(H,10,11). The number of nitrogens with one attached hydrogen (secondary N) is 1. The van der Waals surface area contributed by atoms with Crippen molar-refractivity contribution in [1.82, 2.24) is 5.32 Å². The largest absolute Gasteiger partial charge is 0.356 e. The second-order valence-corrected chi connectivity index (χ2v) is 3.49. The lowest BCUT2D eigenvalue weighted by Crippen LogP contribution is -2.23. The van der Waals surface area contributed by atoms with Crippen LogP contribution in [0.2, 0.25) is 0 Å². The molecule has 1 N–H and O–H groups in total. The Kier molecular flexibility index (Phi) is 4.92. The fourth-order valence-electron chi connectivity index (χ4n) is 0.809. The normalized spacial score (nSPS) is 13.2. The molecule has 0 spiro atoms. The Morgan fingerprint density at radius 2 is 1.91 bits per heavy atom. The zero-order valence-corrected chi connectivity index (χ0v) is 7.98. The zero-order valence-electron chi connectivity index (χ0n) is 7.98. The first-order valence-electron chi connectivity index (χ1n) is 4.28. The van der Waals surface area contributed by atoms with Crippen molar-refractivity contribution in [2.24, 2.45) is 11.8 Å². The second-order valence-electron chi connectivity index (χ2n) is 3.49. The first-order chi connectivity index (χ1) is 5.04. The number of hydrogen-bond acceptors (Lipinski definition) is 1. The summed E-state index contributed by atoms with van der Waals surface area (Å²) in [7, 11) is 0. The van der Waals surface area contributed by atoms with Gasteiger partial charge in [0.2, 0.25) is 5.91 Å². The summed E-state index contributed by atoms with van der Waals surface area (Å²) in [6, 6.07) is 0. The summed E-state index contributed by atoms with van der Waals surface area (Å²) in [4.78, 5) is 10.5. The summed E-state index contributed by atoms with van der Waals surface area (Å²) < 4.78 is 0. The van der Waals surface area contributed by atoms with Crippen LogP contribution in [0.4, 0.5) is 0 Å². The van der Waals surface area contributed by atoms with Crippen molar-refractivity contribution in [1.29, 1.82) is 0 Å². The first kappa shape index (κ1) is 10.5. The van der Waals surface area contributed by atoms with Gasteiger partial charge in [0.05, 0.1) is 0 Å². The van der Waals surface area contributed by atoms with Gasteiger partial charge in [-0.3, -0.25) is 4.79 Å². The highest BCUT2D eigenvalue weighted by Gasteiger charge is 2.05. The van der Waals surface area contributed by atoms with E-state index in [0.29, 0.717) is 11.8 Å². The SMILES string of the molecule is CC(=O)NCCC(C)C(C)C. The van der Waals surface area contributed by atoms with E-state index in [2.05, 4.69) is 26.1 Å². The molecule has 0 saturated heterocycles. The van der Waals surface area contributed by atoms with E-state index in [9.17, 15) is 4.79 Å². The van der Waals surface area contributed by atoms with Gasteiger partial charge in [-0.15, -0.1) is 0 Å². The summed E-state index contributed by atoms with van der Waals surface area (Å²) in [5.41, 5.74) is 0. The fraction of sp³-hybridized carbons (Fsp3) is 0.889. The second kappa shape index (κ2) is 5.16. The molecule has 0 aliphatic heterocycles. The van der Waals surface area contributed by atoms with Crippen LogP contribution in [0.5, 0.6) is 0 Å². The molecule has 0 heterocycles. The Morgan fingerprint density at radius 3 is 2.27 bits per heavy atom. The van der Waals surface area contributed by atoms with E-state index in [1.165, 1.54) is 0 Å². The molecule has 0 aromatic rings. The van der Waals surface area contributed by atoms with E-state index in [0.717, 1.165) is 13.0 Å². The third kappa shape index (κ3) is 5.89. The van der Waals surface area contributed by atoms with Gasteiger partial charge >= 0.3 is 0 Å². The zero-order chi connectivity index (χ0) is 8.85. The molecule has 11 heavy (non-hydrogen) atoms. The van der Waals surface area contributed by atoms with E-state index in [-0.39, 0.29) is 5.91 Å². The molecule has 2 heteroatoms. The maximum atomic E-state index is 10.5. The lowest BCUT2D eigenvalue weighted by molar-refractivity contribution is -0.119. The molecule has 0 aromatic carbocycles. The van der Waals surface area contributed by atoms with Crippen LogP contribution >= 0.6 is 0 Å².